The molecule has 0 saturated carbocycles. The first-order valence-electron chi connectivity index (χ1n) is 7.95. The predicted octanol–water partition coefficient (Wildman–Crippen LogP) is 4.02. The summed E-state index contributed by atoms with van der Waals surface area (Å²) < 4.78 is 0. The Morgan fingerprint density at radius 2 is 1.70 bits per heavy atom. The van der Waals surface area contributed by atoms with E-state index in [2.05, 4.69) is 10.6 Å². The summed E-state index contributed by atoms with van der Waals surface area (Å²) >= 11 is 0. The van der Waals surface area contributed by atoms with Gasteiger partial charge in [0, 0.05) is 17.5 Å². The molecular weight excluding hydrogens is 290 g/mol. The van der Waals surface area contributed by atoms with Crippen LogP contribution in [0.5, 0.6) is 0 Å². The van der Waals surface area contributed by atoms with E-state index < -0.39 is 5.41 Å². The minimum absolute atomic E-state index is 0.0519. The van der Waals surface area contributed by atoms with Crippen LogP contribution in [0, 0.1) is 10.8 Å². The van der Waals surface area contributed by atoms with Crippen molar-refractivity contribution in [2.45, 2.75) is 54.4 Å². The Balaban J connectivity index is 2.79. The van der Waals surface area contributed by atoms with E-state index in [4.69, 9.17) is 5.73 Å². The number of hydrogen-bond acceptors (Lipinski definition) is 3. The molecule has 0 aliphatic carbocycles. The summed E-state index contributed by atoms with van der Waals surface area (Å²) in [6, 6.07) is 5.12. The molecule has 0 fully saturated rings. The molecule has 5 heteroatoms. The lowest BCUT2D eigenvalue weighted by atomic mass is 9.89. The van der Waals surface area contributed by atoms with Crippen LogP contribution in [-0.2, 0) is 9.59 Å². The molecule has 0 atom stereocenters. The second kappa shape index (κ2) is 7.02. The van der Waals surface area contributed by atoms with Crippen LogP contribution < -0.4 is 16.4 Å². The van der Waals surface area contributed by atoms with E-state index in [1.54, 1.807) is 18.2 Å². The van der Waals surface area contributed by atoms with E-state index in [1.807, 2.05) is 41.5 Å². The lowest BCUT2D eigenvalue weighted by Crippen LogP contribution is -2.30. The first-order valence-corrected chi connectivity index (χ1v) is 7.95. The monoisotopic (exact) mass is 319 g/mol. The largest absolute Gasteiger partial charge is 0.397 e. The Morgan fingerprint density at radius 3 is 2.17 bits per heavy atom. The molecule has 2 amide bonds. The zero-order valence-electron chi connectivity index (χ0n) is 15.0. The number of hydrogen-bond donors (Lipinski definition) is 3. The zero-order chi connectivity index (χ0) is 17.8. The van der Waals surface area contributed by atoms with Crippen LogP contribution in [0.4, 0.5) is 17.1 Å². The molecule has 5 nitrogen and oxygen atoms in total. The maximum atomic E-state index is 12.2. The Hall–Kier alpha value is -2.04. The molecule has 0 saturated heterocycles. The third kappa shape index (κ3) is 5.93. The minimum Gasteiger partial charge on any atom is -0.397 e. The number of nitrogens with one attached hydrogen (secondary N) is 2. The highest BCUT2D eigenvalue weighted by Crippen LogP contribution is 2.27. The van der Waals surface area contributed by atoms with Crippen molar-refractivity contribution in [3.63, 3.8) is 0 Å². The maximum absolute atomic E-state index is 12.2. The van der Waals surface area contributed by atoms with Gasteiger partial charge in [0.05, 0.1) is 11.4 Å². The number of carbonyl (C=O) groups is 2. The molecule has 0 aromatic heterocycles. The Labute approximate surface area is 139 Å². The van der Waals surface area contributed by atoms with Gasteiger partial charge < -0.3 is 16.4 Å². The van der Waals surface area contributed by atoms with E-state index in [0.717, 1.165) is 6.42 Å². The summed E-state index contributed by atoms with van der Waals surface area (Å²) in [5.74, 6) is -0.128. The second-order valence-corrected chi connectivity index (χ2v) is 7.78. The zero-order valence-corrected chi connectivity index (χ0v) is 15.0. The van der Waals surface area contributed by atoms with Gasteiger partial charge in [-0.05, 0) is 30.0 Å². The molecule has 1 aromatic rings. The van der Waals surface area contributed by atoms with Crippen molar-refractivity contribution in [2.24, 2.45) is 10.8 Å². The van der Waals surface area contributed by atoms with Gasteiger partial charge in [-0.2, -0.15) is 0 Å². The number of amides is 2. The van der Waals surface area contributed by atoms with Crippen LogP contribution in [-0.4, -0.2) is 11.8 Å². The lowest BCUT2D eigenvalue weighted by Gasteiger charge is -2.22. The number of nitrogens with two attached hydrogens (primary N) is 1. The van der Waals surface area contributed by atoms with E-state index >= 15 is 0 Å². The third-order valence-corrected chi connectivity index (χ3v) is 3.77. The van der Waals surface area contributed by atoms with Gasteiger partial charge in [-0.1, -0.05) is 41.5 Å². The Morgan fingerprint density at radius 1 is 1.09 bits per heavy atom. The quantitative estimate of drug-likeness (QED) is 0.717. The summed E-state index contributed by atoms with van der Waals surface area (Å²) in [4.78, 5) is 24.2. The molecule has 4 N–H and O–H groups in total. The molecule has 23 heavy (non-hydrogen) atoms. The van der Waals surface area contributed by atoms with Crippen LogP contribution in [0.1, 0.15) is 54.4 Å². The van der Waals surface area contributed by atoms with E-state index in [1.165, 1.54) is 0 Å². The van der Waals surface area contributed by atoms with Gasteiger partial charge in [0.2, 0.25) is 11.8 Å². The summed E-state index contributed by atoms with van der Waals surface area (Å²) in [5.41, 5.74) is 7.08. The van der Waals surface area contributed by atoms with Crippen LogP contribution >= 0.6 is 0 Å². The first-order chi connectivity index (χ1) is 10.4. The van der Waals surface area contributed by atoms with Gasteiger partial charge in [0.1, 0.15) is 0 Å². The Kier molecular flexibility index (Phi) is 5.81. The smallest absolute Gasteiger partial charge is 0.230 e. The van der Waals surface area contributed by atoms with E-state index in [0.29, 0.717) is 23.5 Å². The fraction of sp³-hybridized carbons (Fsp3) is 0.556. The molecule has 0 spiro atoms. The predicted molar refractivity (Wildman–Crippen MR) is 96.3 cm³/mol. The van der Waals surface area contributed by atoms with Gasteiger partial charge in [0.25, 0.3) is 0 Å². The van der Waals surface area contributed by atoms with Crippen molar-refractivity contribution >= 4 is 28.9 Å². The number of anilines is 3. The lowest BCUT2D eigenvalue weighted by molar-refractivity contribution is -0.124. The van der Waals surface area contributed by atoms with Gasteiger partial charge in [-0.3, -0.25) is 9.59 Å². The molecular formula is C18H29N3O2. The summed E-state index contributed by atoms with van der Waals surface area (Å²) in [5, 5.41) is 5.67. The molecule has 0 radical (unpaired) electrons. The van der Waals surface area contributed by atoms with E-state index in [-0.39, 0.29) is 17.2 Å². The van der Waals surface area contributed by atoms with Crippen molar-refractivity contribution < 1.29 is 9.59 Å². The van der Waals surface area contributed by atoms with Crippen molar-refractivity contribution in [1.82, 2.24) is 0 Å². The van der Waals surface area contributed by atoms with Crippen LogP contribution in [0.15, 0.2) is 18.2 Å². The average Bonchev–Trinajstić information content (AvgIpc) is 2.39. The summed E-state index contributed by atoms with van der Waals surface area (Å²) in [7, 11) is 0. The third-order valence-electron chi connectivity index (χ3n) is 3.77. The number of carbonyl (C=O) groups excluding carboxylic acids is 2. The van der Waals surface area contributed by atoms with Crippen molar-refractivity contribution in [2.75, 3.05) is 16.4 Å². The highest BCUT2D eigenvalue weighted by Gasteiger charge is 2.25. The van der Waals surface area contributed by atoms with Crippen molar-refractivity contribution in [3.05, 3.63) is 18.2 Å². The van der Waals surface area contributed by atoms with Crippen molar-refractivity contribution in [1.29, 1.82) is 0 Å². The molecule has 0 aliphatic rings. The number of rotatable bonds is 5. The maximum Gasteiger partial charge on any atom is 0.230 e. The highest BCUT2D eigenvalue weighted by atomic mass is 16.2. The fourth-order valence-electron chi connectivity index (χ4n) is 1.89. The molecule has 0 bridgehead atoms. The van der Waals surface area contributed by atoms with Crippen LogP contribution in [0.3, 0.4) is 0 Å². The summed E-state index contributed by atoms with van der Waals surface area (Å²) in [6.45, 7) is 11.8. The van der Waals surface area contributed by atoms with Crippen LogP contribution in [0.2, 0.25) is 0 Å². The average molecular weight is 319 g/mol. The first kappa shape index (κ1) is 19.0. The van der Waals surface area contributed by atoms with Crippen molar-refractivity contribution in [3.8, 4) is 0 Å². The highest BCUT2D eigenvalue weighted by molar-refractivity contribution is 5.97. The molecule has 0 unspecified atom stereocenters. The van der Waals surface area contributed by atoms with Gasteiger partial charge in [-0.25, -0.2) is 0 Å². The van der Waals surface area contributed by atoms with Gasteiger partial charge >= 0.3 is 0 Å². The molecule has 0 heterocycles. The molecule has 0 aliphatic heterocycles. The molecule has 1 rings (SSSR count). The minimum atomic E-state index is -0.436. The summed E-state index contributed by atoms with van der Waals surface area (Å²) in [6.07, 6.45) is 1.16. The molecule has 1 aromatic carbocycles. The molecule has 128 valence electrons. The fourth-order valence-corrected chi connectivity index (χ4v) is 1.89. The topological polar surface area (TPSA) is 84.2 Å². The second-order valence-electron chi connectivity index (χ2n) is 7.78. The van der Waals surface area contributed by atoms with E-state index in [9.17, 15) is 9.59 Å². The SMILES string of the molecule is CCC(C)(C)C(=O)Nc1ccc(NC(=O)CC(C)(C)C)c(N)c1. The number of nitrogen functional groups attached to an aromatic ring is 1. The van der Waals surface area contributed by atoms with Gasteiger partial charge in [-0.15, -0.1) is 0 Å². The standard InChI is InChI=1S/C18H29N3O2/c1-7-18(5,6)16(23)20-12-8-9-14(13(19)10-12)21-15(22)11-17(2,3)4/h8-10H,7,11,19H2,1-6H3,(H,20,23)(H,21,22). The Bertz CT molecular complexity index is 586. The van der Waals surface area contributed by atoms with Gasteiger partial charge in [0.15, 0.2) is 0 Å². The van der Waals surface area contributed by atoms with Crippen LogP contribution in [0.25, 0.3) is 0 Å². The normalized spacial score (nSPS) is 11.9. The number of benzene rings is 1.